The Bertz CT molecular complexity index is 108. The van der Waals surface area contributed by atoms with Crippen LogP contribution < -0.4 is 4.72 Å². The number of amides is 1. The molecule has 0 radical (unpaired) electrons. The number of carbonyl (C=O) groups is 1. The van der Waals surface area contributed by atoms with Crippen LogP contribution in [-0.4, -0.2) is 38.1 Å². The molecule has 1 N–H and O–H groups in total. The topological polar surface area (TPSA) is 29.1 Å². The van der Waals surface area contributed by atoms with Gasteiger partial charge < -0.3 is 4.48 Å². The largest absolute Gasteiger partial charge is 0.323 e. The zero-order chi connectivity index (χ0) is 7.49. The summed E-state index contributed by atoms with van der Waals surface area (Å²) in [5.41, 5.74) is 0. The Kier molecular flexibility index (Phi) is 3.00. The maximum Gasteiger partial charge on any atom is 0.284 e. The fourth-order valence-corrected chi connectivity index (χ4v) is 0.537. The van der Waals surface area contributed by atoms with Crippen molar-refractivity contribution in [2.75, 3.05) is 27.7 Å². The summed E-state index contributed by atoms with van der Waals surface area (Å²) in [4.78, 5) is 10.6. The Morgan fingerprint density at radius 3 is 2.11 bits per heavy atom. The highest BCUT2D eigenvalue weighted by atomic mass is 32.1. The van der Waals surface area contributed by atoms with Crippen LogP contribution >= 0.6 is 12.8 Å². The van der Waals surface area contributed by atoms with Gasteiger partial charge in [-0.15, -0.1) is 0 Å². The molecular formula is C5H13N2OS+. The van der Waals surface area contributed by atoms with Crippen LogP contribution in [0, 0.1) is 0 Å². The number of nitrogens with one attached hydrogen (secondary N) is 1. The number of quaternary nitrogens is 1. The molecule has 0 saturated heterocycles. The number of thiol groups is 1. The number of hydrogen-bond donors (Lipinski definition) is 2. The Labute approximate surface area is 61.2 Å². The first kappa shape index (κ1) is 8.78. The lowest BCUT2D eigenvalue weighted by molar-refractivity contribution is -0.862. The van der Waals surface area contributed by atoms with Crippen molar-refractivity contribution < 1.29 is 9.28 Å². The molecule has 1 amide bonds. The molecule has 3 nitrogen and oxygen atoms in total. The Morgan fingerprint density at radius 1 is 1.56 bits per heavy atom. The van der Waals surface area contributed by atoms with Gasteiger partial charge in [-0.1, -0.05) is 12.8 Å². The molecule has 0 atom stereocenters. The summed E-state index contributed by atoms with van der Waals surface area (Å²) < 4.78 is 2.89. The molecule has 0 heterocycles. The van der Waals surface area contributed by atoms with E-state index in [9.17, 15) is 4.79 Å². The summed E-state index contributed by atoms with van der Waals surface area (Å²) in [6, 6.07) is 0. The second-order valence-corrected chi connectivity index (χ2v) is 3.21. The van der Waals surface area contributed by atoms with E-state index in [2.05, 4.69) is 17.5 Å². The van der Waals surface area contributed by atoms with E-state index >= 15 is 0 Å². The lowest BCUT2D eigenvalue weighted by atomic mass is 10.5. The highest BCUT2D eigenvalue weighted by molar-refractivity contribution is 7.78. The van der Waals surface area contributed by atoms with Crippen LogP contribution in [0.5, 0.6) is 0 Å². The van der Waals surface area contributed by atoms with Gasteiger partial charge in [0.05, 0.1) is 21.1 Å². The minimum atomic E-state index is -0.0502. The average Bonchev–Trinajstić information content (AvgIpc) is 1.62. The minimum Gasteiger partial charge on any atom is -0.323 e. The maximum atomic E-state index is 10.6. The van der Waals surface area contributed by atoms with Crippen LogP contribution in [0.2, 0.25) is 0 Å². The molecule has 0 aliphatic rings. The number of rotatable bonds is 2. The Balaban J connectivity index is 3.60. The van der Waals surface area contributed by atoms with E-state index in [4.69, 9.17) is 0 Å². The van der Waals surface area contributed by atoms with Gasteiger partial charge in [0.15, 0.2) is 6.54 Å². The monoisotopic (exact) mass is 149 g/mol. The van der Waals surface area contributed by atoms with Gasteiger partial charge in [-0.05, 0) is 0 Å². The first-order valence-electron chi connectivity index (χ1n) is 2.69. The SMILES string of the molecule is C[N+](C)(C)CC(=O)NS. The number of hydrogen-bond acceptors (Lipinski definition) is 2. The van der Waals surface area contributed by atoms with Gasteiger partial charge in [0.1, 0.15) is 0 Å². The van der Waals surface area contributed by atoms with E-state index < -0.39 is 0 Å². The van der Waals surface area contributed by atoms with Crippen molar-refractivity contribution in [2.24, 2.45) is 0 Å². The molecule has 0 bridgehead atoms. The van der Waals surface area contributed by atoms with Crippen LogP contribution in [0.3, 0.4) is 0 Å². The summed E-state index contributed by atoms with van der Waals surface area (Å²) in [6.45, 7) is 0.462. The van der Waals surface area contributed by atoms with Crippen LogP contribution in [0.15, 0.2) is 0 Å². The third kappa shape index (κ3) is 5.65. The molecule has 0 fully saturated rings. The molecule has 0 aliphatic heterocycles. The van der Waals surface area contributed by atoms with E-state index in [1.807, 2.05) is 21.1 Å². The number of likely N-dealkylation sites (N-methyl/N-ethyl adjacent to an activating group) is 1. The van der Waals surface area contributed by atoms with Gasteiger partial charge in [-0.25, -0.2) is 0 Å². The summed E-state index contributed by atoms with van der Waals surface area (Å²) in [7, 11) is 5.84. The smallest absolute Gasteiger partial charge is 0.284 e. The molecule has 4 heteroatoms. The quantitative estimate of drug-likeness (QED) is 0.408. The summed E-state index contributed by atoms with van der Waals surface area (Å²) >= 11 is 3.62. The molecule has 0 aromatic carbocycles. The fourth-order valence-electron chi connectivity index (χ4n) is 0.466. The highest BCUT2D eigenvalue weighted by Crippen LogP contribution is 1.87. The van der Waals surface area contributed by atoms with Crippen LogP contribution in [0.1, 0.15) is 0 Å². The molecule has 0 aromatic heterocycles. The van der Waals surface area contributed by atoms with Crippen molar-refractivity contribution in [3.05, 3.63) is 0 Å². The third-order valence-corrected chi connectivity index (χ3v) is 0.992. The zero-order valence-corrected chi connectivity index (χ0v) is 6.90. The standard InChI is InChI=1S/C5H12N2OS/c1-7(2,3)4-5(8)6-9/h4H2,1-3H3,(H-,6,8,9)/p+1. The first-order valence-corrected chi connectivity index (χ1v) is 3.14. The van der Waals surface area contributed by atoms with Crippen LogP contribution in [0.4, 0.5) is 0 Å². The molecule has 0 saturated carbocycles. The number of nitrogens with zero attached hydrogens (tertiary/aromatic N) is 1. The molecular weight excluding hydrogens is 136 g/mol. The van der Waals surface area contributed by atoms with Crippen LogP contribution in [-0.2, 0) is 4.79 Å². The van der Waals surface area contributed by atoms with Crippen molar-refractivity contribution in [2.45, 2.75) is 0 Å². The van der Waals surface area contributed by atoms with E-state index in [1.165, 1.54) is 0 Å². The molecule has 0 unspecified atom stereocenters. The molecule has 9 heavy (non-hydrogen) atoms. The fraction of sp³-hybridized carbons (Fsp3) is 0.800. The Morgan fingerprint density at radius 2 is 2.00 bits per heavy atom. The zero-order valence-electron chi connectivity index (χ0n) is 6.01. The molecule has 0 rings (SSSR count). The maximum absolute atomic E-state index is 10.6. The second kappa shape index (κ2) is 3.08. The van der Waals surface area contributed by atoms with Crippen LogP contribution in [0.25, 0.3) is 0 Å². The summed E-state index contributed by atoms with van der Waals surface area (Å²) in [5, 5.41) is 0. The summed E-state index contributed by atoms with van der Waals surface area (Å²) in [6.07, 6.45) is 0. The van der Waals surface area contributed by atoms with E-state index in [-0.39, 0.29) is 5.91 Å². The van der Waals surface area contributed by atoms with Crippen molar-refractivity contribution in [1.82, 2.24) is 4.72 Å². The summed E-state index contributed by atoms with van der Waals surface area (Å²) in [5.74, 6) is -0.0502. The van der Waals surface area contributed by atoms with Gasteiger partial charge >= 0.3 is 0 Å². The third-order valence-electron chi connectivity index (χ3n) is 0.743. The van der Waals surface area contributed by atoms with E-state index in [1.54, 1.807) is 0 Å². The van der Waals surface area contributed by atoms with Gasteiger partial charge in [-0.2, -0.15) is 0 Å². The Hall–Kier alpha value is -0.220. The molecule has 0 aliphatic carbocycles. The molecule has 54 valence electrons. The van der Waals surface area contributed by atoms with Crippen molar-refractivity contribution in [3.63, 3.8) is 0 Å². The van der Waals surface area contributed by atoms with Gasteiger partial charge in [0.25, 0.3) is 5.91 Å². The number of carbonyl (C=O) groups excluding carboxylic acids is 1. The molecule has 0 aromatic rings. The predicted molar refractivity (Wildman–Crippen MR) is 40.0 cm³/mol. The van der Waals surface area contributed by atoms with E-state index in [0.29, 0.717) is 11.0 Å². The van der Waals surface area contributed by atoms with Gasteiger partial charge in [0.2, 0.25) is 0 Å². The van der Waals surface area contributed by atoms with Crippen molar-refractivity contribution in [3.8, 4) is 0 Å². The van der Waals surface area contributed by atoms with E-state index in [0.717, 1.165) is 0 Å². The van der Waals surface area contributed by atoms with Gasteiger partial charge in [0, 0.05) is 0 Å². The molecule has 0 spiro atoms. The predicted octanol–water partition coefficient (Wildman–Crippen LogP) is -0.346. The first-order chi connectivity index (χ1) is 3.95. The lowest BCUT2D eigenvalue weighted by Gasteiger charge is -2.21. The van der Waals surface area contributed by atoms with Crippen molar-refractivity contribution >= 4 is 18.7 Å². The van der Waals surface area contributed by atoms with Gasteiger partial charge in [-0.3, -0.25) is 9.52 Å². The normalized spacial score (nSPS) is 11.1. The lowest BCUT2D eigenvalue weighted by Crippen LogP contribution is -2.42. The second-order valence-electron chi connectivity index (χ2n) is 2.98. The highest BCUT2D eigenvalue weighted by Gasteiger charge is 2.11. The van der Waals surface area contributed by atoms with Crippen molar-refractivity contribution in [1.29, 1.82) is 0 Å². The minimum absolute atomic E-state index is 0.0502. The average molecular weight is 149 g/mol.